The van der Waals surface area contributed by atoms with Crippen molar-refractivity contribution < 1.29 is 8.42 Å². The number of piperazine rings is 1. The molecule has 1 aliphatic carbocycles. The first-order valence-corrected chi connectivity index (χ1v) is 8.60. The zero-order chi connectivity index (χ0) is 11.9. The maximum Gasteiger partial charge on any atom is 0.151 e. The summed E-state index contributed by atoms with van der Waals surface area (Å²) in [7, 11) is -2.74. The Labute approximate surface area is 104 Å². The van der Waals surface area contributed by atoms with Crippen LogP contribution in [-0.4, -0.2) is 56.0 Å². The first-order valence-electron chi connectivity index (χ1n) is 6.78. The monoisotopic (exact) mass is 258 g/mol. The Morgan fingerprint density at radius 1 is 1.24 bits per heavy atom. The van der Waals surface area contributed by atoms with E-state index < -0.39 is 9.84 Å². The largest absolute Gasteiger partial charge is 0.309 e. The van der Waals surface area contributed by atoms with Crippen molar-refractivity contribution in [3.63, 3.8) is 0 Å². The van der Waals surface area contributed by atoms with Crippen LogP contribution < -0.4 is 5.32 Å². The lowest BCUT2D eigenvalue weighted by Gasteiger charge is -2.43. The molecule has 0 radical (unpaired) electrons. The van der Waals surface area contributed by atoms with Gasteiger partial charge in [-0.1, -0.05) is 12.8 Å². The summed E-state index contributed by atoms with van der Waals surface area (Å²) in [6, 6.07) is 0.291. The first-order chi connectivity index (χ1) is 8.09. The molecule has 1 spiro atoms. The highest BCUT2D eigenvalue weighted by molar-refractivity contribution is 7.91. The lowest BCUT2D eigenvalue weighted by atomic mass is 9.93. The fraction of sp³-hybridized carbons (Fsp3) is 1.00. The van der Waals surface area contributed by atoms with E-state index in [1.807, 2.05) is 0 Å². The first kappa shape index (κ1) is 11.9. The van der Waals surface area contributed by atoms with Crippen LogP contribution in [0.4, 0.5) is 0 Å². The van der Waals surface area contributed by atoms with Crippen LogP contribution in [0.25, 0.3) is 0 Å². The molecule has 2 saturated heterocycles. The fourth-order valence-corrected chi connectivity index (χ4v) is 5.51. The van der Waals surface area contributed by atoms with Gasteiger partial charge in [-0.2, -0.15) is 0 Å². The number of rotatable bonds is 1. The minimum atomic E-state index is -2.74. The molecule has 1 atom stereocenters. The summed E-state index contributed by atoms with van der Waals surface area (Å²) >= 11 is 0. The SMILES string of the molecule is O=S1(=O)CCC(N2CCNC3(CCCC3)C2)C1. The van der Waals surface area contributed by atoms with E-state index in [9.17, 15) is 8.42 Å². The molecule has 17 heavy (non-hydrogen) atoms. The quantitative estimate of drug-likeness (QED) is 0.739. The average Bonchev–Trinajstić information content (AvgIpc) is 2.86. The predicted molar refractivity (Wildman–Crippen MR) is 67.8 cm³/mol. The second-order valence-electron chi connectivity index (χ2n) is 5.94. The Morgan fingerprint density at radius 3 is 2.65 bits per heavy atom. The molecule has 0 bridgehead atoms. The Balaban J connectivity index is 1.68. The van der Waals surface area contributed by atoms with Crippen molar-refractivity contribution >= 4 is 9.84 Å². The van der Waals surface area contributed by atoms with Crippen LogP contribution in [0, 0.1) is 0 Å². The molecule has 2 aliphatic heterocycles. The minimum absolute atomic E-state index is 0.291. The summed E-state index contributed by atoms with van der Waals surface area (Å²) in [5.41, 5.74) is 0.310. The van der Waals surface area contributed by atoms with Crippen molar-refractivity contribution in [1.82, 2.24) is 10.2 Å². The van der Waals surface area contributed by atoms with Gasteiger partial charge in [0.25, 0.3) is 0 Å². The summed E-state index contributed by atoms with van der Waals surface area (Å²) in [4.78, 5) is 2.44. The molecule has 0 amide bonds. The van der Waals surface area contributed by atoms with Gasteiger partial charge in [-0.25, -0.2) is 8.42 Å². The summed E-state index contributed by atoms with van der Waals surface area (Å²) in [5, 5.41) is 3.68. The highest BCUT2D eigenvalue weighted by Gasteiger charge is 2.41. The predicted octanol–water partition coefficient (Wildman–Crippen LogP) is 0.392. The summed E-state index contributed by atoms with van der Waals surface area (Å²) in [6.07, 6.45) is 6.03. The van der Waals surface area contributed by atoms with Gasteiger partial charge in [-0.3, -0.25) is 4.90 Å². The van der Waals surface area contributed by atoms with Gasteiger partial charge in [0.05, 0.1) is 11.5 Å². The van der Waals surface area contributed by atoms with E-state index >= 15 is 0 Å². The van der Waals surface area contributed by atoms with Gasteiger partial charge < -0.3 is 5.32 Å². The molecule has 4 nitrogen and oxygen atoms in total. The Kier molecular flexibility index (Phi) is 2.96. The van der Waals surface area contributed by atoms with Gasteiger partial charge in [-0.05, 0) is 19.3 Å². The molecule has 0 aromatic carbocycles. The summed E-state index contributed by atoms with van der Waals surface area (Å²) in [5.74, 6) is 0.789. The van der Waals surface area contributed by atoms with E-state index in [4.69, 9.17) is 0 Å². The zero-order valence-electron chi connectivity index (χ0n) is 10.3. The van der Waals surface area contributed by atoms with E-state index in [1.165, 1.54) is 25.7 Å². The van der Waals surface area contributed by atoms with Crippen molar-refractivity contribution in [3.05, 3.63) is 0 Å². The van der Waals surface area contributed by atoms with Gasteiger partial charge in [0.2, 0.25) is 0 Å². The third-order valence-electron chi connectivity index (χ3n) is 4.69. The van der Waals surface area contributed by atoms with Crippen LogP contribution in [0.15, 0.2) is 0 Å². The molecule has 0 aromatic rings. The third kappa shape index (κ3) is 2.37. The smallest absolute Gasteiger partial charge is 0.151 e. The minimum Gasteiger partial charge on any atom is -0.309 e. The molecular weight excluding hydrogens is 236 g/mol. The van der Waals surface area contributed by atoms with Crippen molar-refractivity contribution in [3.8, 4) is 0 Å². The number of nitrogens with one attached hydrogen (secondary N) is 1. The molecule has 1 N–H and O–H groups in total. The highest BCUT2D eigenvalue weighted by Crippen LogP contribution is 2.33. The Morgan fingerprint density at radius 2 is 2.00 bits per heavy atom. The number of hydrogen-bond donors (Lipinski definition) is 1. The molecule has 1 unspecified atom stereocenters. The van der Waals surface area contributed by atoms with Crippen LogP contribution in [0.1, 0.15) is 32.1 Å². The Bertz CT molecular complexity index is 387. The van der Waals surface area contributed by atoms with Crippen LogP contribution in [0.3, 0.4) is 0 Å². The van der Waals surface area contributed by atoms with Crippen LogP contribution in [0.5, 0.6) is 0 Å². The van der Waals surface area contributed by atoms with E-state index in [0.717, 1.165) is 26.1 Å². The van der Waals surface area contributed by atoms with Crippen LogP contribution in [-0.2, 0) is 9.84 Å². The van der Waals surface area contributed by atoms with Gasteiger partial charge >= 0.3 is 0 Å². The lowest BCUT2D eigenvalue weighted by molar-refractivity contribution is 0.103. The molecule has 3 rings (SSSR count). The molecule has 5 heteroatoms. The molecular formula is C12H22N2O2S. The van der Waals surface area contributed by atoms with Crippen molar-refractivity contribution in [2.45, 2.75) is 43.7 Å². The number of nitrogens with zero attached hydrogens (tertiary/aromatic N) is 1. The normalized spacial score (nSPS) is 36.6. The molecule has 3 fully saturated rings. The molecule has 0 aromatic heterocycles. The van der Waals surface area contributed by atoms with Gasteiger partial charge in [0.1, 0.15) is 0 Å². The van der Waals surface area contributed by atoms with Crippen molar-refractivity contribution in [2.75, 3.05) is 31.1 Å². The van der Waals surface area contributed by atoms with E-state index in [0.29, 0.717) is 23.1 Å². The van der Waals surface area contributed by atoms with Crippen LogP contribution >= 0.6 is 0 Å². The lowest BCUT2D eigenvalue weighted by Crippen LogP contribution is -2.61. The number of hydrogen-bond acceptors (Lipinski definition) is 4. The molecule has 98 valence electrons. The fourth-order valence-electron chi connectivity index (χ4n) is 3.75. The zero-order valence-corrected chi connectivity index (χ0v) is 11.1. The second-order valence-corrected chi connectivity index (χ2v) is 8.17. The summed E-state index contributed by atoms with van der Waals surface area (Å²) < 4.78 is 23.1. The van der Waals surface area contributed by atoms with Gasteiger partial charge in [0.15, 0.2) is 9.84 Å². The second kappa shape index (κ2) is 4.21. The van der Waals surface area contributed by atoms with E-state index in [-0.39, 0.29) is 0 Å². The molecule has 2 heterocycles. The standard InChI is InChI=1S/C12H22N2O2S/c15-17(16)8-3-11(9-17)14-7-6-13-12(10-14)4-1-2-5-12/h11,13H,1-10H2. The molecule has 3 aliphatic rings. The van der Waals surface area contributed by atoms with Crippen molar-refractivity contribution in [2.24, 2.45) is 0 Å². The van der Waals surface area contributed by atoms with E-state index in [1.54, 1.807) is 0 Å². The highest BCUT2D eigenvalue weighted by atomic mass is 32.2. The van der Waals surface area contributed by atoms with Crippen molar-refractivity contribution in [1.29, 1.82) is 0 Å². The third-order valence-corrected chi connectivity index (χ3v) is 6.44. The summed E-state index contributed by atoms with van der Waals surface area (Å²) in [6.45, 7) is 3.10. The number of sulfone groups is 1. The maximum absolute atomic E-state index is 11.6. The van der Waals surface area contributed by atoms with E-state index in [2.05, 4.69) is 10.2 Å². The topological polar surface area (TPSA) is 49.4 Å². The van der Waals surface area contributed by atoms with Gasteiger partial charge in [-0.15, -0.1) is 0 Å². The van der Waals surface area contributed by atoms with Crippen LogP contribution in [0.2, 0.25) is 0 Å². The van der Waals surface area contributed by atoms with Gasteiger partial charge in [0, 0.05) is 31.2 Å². The Hall–Kier alpha value is -0.130. The maximum atomic E-state index is 11.6. The average molecular weight is 258 g/mol. The molecule has 1 saturated carbocycles.